The summed E-state index contributed by atoms with van der Waals surface area (Å²) in [5.74, 6) is -0.346. The van der Waals surface area contributed by atoms with Crippen molar-refractivity contribution in [1.29, 1.82) is 0 Å². The van der Waals surface area contributed by atoms with Gasteiger partial charge in [-0.05, 0) is 61.0 Å². The molecule has 1 amide bonds. The highest BCUT2D eigenvalue weighted by atomic mass is 19.3. The lowest BCUT2D eigenvalue weighted by Gasteiger charge is -2.12. The Hall–Kier alpha value is -5.26. The number of fused-ring (bicyclic) bond motifs is 1. The average molecular weight is 550 g/mol. The molecule has 0 saturated heterocycles. The molecule has 3 aromatic carbocycles. The lowest BCUT2D eigenvalue weighted by Crippen LogP contribution is -2.08. The Morgan fingerprint density at radius 2 is 1.95 bits per heavy atom. The molecule has 5 rings (SSSR count). The van der Waals surface area contributed by atoms with Gasteiger partial charge in [-0.2, -0.15) is 5.10 Å². The normalized spacial score (nSPS) is 11.1. The van der Waals surface area contributed by atoms with Crippen molar-refractivity contribution < 1.29 is 32.2 Å². The van der Waals surface area contributed by atoms with E-state index in [2.05, 4.69) is 15.4 Å². The average Bonchev–Trinajstić information content (AvgIpc) is 3.51. The van der Waals surface area contributed by atoms with Crippen molar-refractivity contribution in [3.63, 3.8) is 0 Å². The predicted molar refractivity (Wildman–Crippen MR) is 142 cm³/mol. The number of nitrogen functional groups attached to an aromatic ring is 1. The number of nitrogens with two attached hydrogens (primary N) is 1. The van der Waals surface area contributed by atoms with E-state index < -0.39 is 24.6 Å². The number of aromatic nitrogens is 3. The molecule has 2 heterocycles. The largest absolute Gasteiger partial charge is 0.485 e. The zero-order valence-electron chi connectivity index (χ0n) is 21.0. The molecule has 2 aromatic heterocycles. The molecule has 0 fully saturated rings. The Labute approximate surface area is 225 Å². The first-order valence-corrected chi connectivity index (χ1v) is 11.9. The van der Waals surface area contributed by atoms with Gasteiger partial charge in [-0.15, -0.1) is 0 Å². The summed E-state index contributed by atoms with van der Waals surface area (Å²) in [6.07, 6.45) is -0.980. The second kappa shape index (κ2) is 10.8. The maximum absolute atomic E-state index is 14.0. The number of aromatic amines is 1. The first-order valence-electron chi connectivity index (χ1n) is 11.9. The number of hydrogen-bond acceptors (Lipinski definition) is 6. The van der Waals surface area contributed by atoms with Crippen molar-refractivity contribution in [1.82, 2.24) is 14.8 Å². The highest BCUT2D eigenvalue weighted by molar-refractivity contribution is 6.12. The van der Waals surface area contributed by atoms with Gasteiger partial charge in [-0.1, -0.05) is 12.1 Å². The van der Waals surface area contributed by atoms with Crippen LogP contribution in [0.15, 0.2) is 66.9 Å². The number of halogens is 3. The minimum Gasteiger partial charge on any atom is -0.485 e. The number of H-pyrrole nitrogens is 1. The molecule has 9 nitrogen and oxygen atoms in total. The summed E-state index contributed by atoms with van der Waals surface area (Å²) in [6, 6.07) is 15.5. The number of ether oxygens (including phenoxy) is 2. The van der Waals surface area contributed by atoms with Crippen LogP contribution in [0.3, 0.4) is 0 Å². The molecule has 0 aliphatic rings. The van der Waals surface area contributed by atoms with Gasteiger partial charge < -0.3 is 25.5 Å². The first kappa shape index (κ1) is 26.4. The lowest BCUT2D eigenvalue weighted by molar-refractivity contribution is -0.105. The minimum absolute atomic E-state index is 0.0307. The number of para-hydroxylation sites is 1. The fourth-order valence-electron chi connectivity index (χ4n) is 4.18. The van der Waals surface area contributed by atoms with Gasteiger partial charge in [0.2, 0.25) is 12.2 Å². The van der Waals surface area contributed by atoms with Crippen molar-refractivity contribution in [3.05, 3.63) is 89.5 Å². The molecule has 204 valence electrons. The van der Waals surface area contributed by atoms with Gasteiger partial charge in [-0.25, -0.2) is 17.9 Å². The van der Waals surface area contributed by atoms with Crippen molar-refractivity contribution in [2.75, 3.05) is 17.7 Å². The smallest absolute Gasteiger partial charge is 0.272 e. The Kier molecular flexibility index (Phi) is 7.15. The van der Waals surface area contributed by atoms with Crippen LogP contribution >= 0.6 is 0 Å². The number of alkyl halides is 2. The molecule has 5 aromatic rings. The number of ketones is 1. The SMILES string of the molecule is Cc1cc(Oc2ccccc2F)ccc1-n1ncc(C(=O)c2cc3cc(OCC(F)F)c(NC=O)cc3[nH]2)c1N. The van der Waals surface area contributed by atoms with E-state index in [1.54, 1.807) is 37.3 Å². The fourth-order valence-corrected chi connectivity index (χ4v) is 4.18. The van der Waals surface area contributed by atoms with Crippen molar-refractivity contribution in [3.8, 4) is 22.9 Å². The van der Waals surface area contributed by atoms with E-state index in [1.807, 2.05) is 0 Å². The third-order valence-corrected chi connectivity index (χ3v) is 6.06. The van der Waals surface area contributed by atoms with Crippen molar-refractivity contribution >= 4 is 34.6 Å². The van der Waals surface area contributed by atoms with E-state index in [0.717, 1.165) is 0 Å². The van der Waals surface area contributed by atoms with E-state index in [-0.39, 0.29) is 34.3 Å². The summed E-state index contributed by atoms with van der Waals surface area (Å²) >= 11 is 0. The summed E-state index contributed by atoms with van der Waals surface area (Å²) in [7, 11) is 0. The summed E-state index contributed by atoms with van der Waals surface area (Å²) in [4.78, 5) is 27.3. The second-order valence-corrected chi connectivity index (χ2v) is 8.75. The summed E-state index contributed by atoms with van der Waals surface area (Å²) in [6.45, 7) is 0.934. The van der Waals surface area contributed by atoms with Gasteiger partial charge >= 0.3 is 0 Å². The van der Waals surface area contributed by atoms with Gasteiger partial charge in [0, 0.05) is 10.9 Å². The molecule has 0 spiro atoms. The number of carbonyl (C=O) groups is 2. The zero-order valence-corrected chi connectivity index (χ0v) is 21.0. The van der Waals surface area contributed by atoms with Gasteiger partial charge in [0.1, 0.15) is 23.9 Å². The predicted octanol–water partition coefficient (Wildman–Crippen LogP) is 5.62. The Morgan fingerprint density at radius 1 is 1.15 bits per heavy atom. The third-order valence-electron chi connectivity index (χ3n) is 6.06. The third kappa shape index (κ3) is 5.19. The van der Waals surface area contributed by atoms with Crippen molar-refractivity contribution in [2.24, 2.45) is 0 Å². The molecule has 0 radical (unpaired) electrons. The second-order valence-electron chi connectivity index (χ2n) is 8.75. The molecule has 0 aliphatic heterocycles. The molecule has 0 aliphatic carbocycles. The van der Waals surface area contributed by atoms with Crippen LogP contribution in [0.25, 0.3) is 16.6 Å². The Morgan fingerprint density at radius 3 is 2.67 bits per heavy atom. The molecule has 0 atom stereocenters. The maximum Gasteiger partial charge on any atom is 0.272 e. The standard InChI is InChI=1S/C28H22F3N5O4/c1-15-8-17(40-24-5-3-2-4-19(24)29)6-7-23(15)36-28(32)18(12-34-36)27(38)22-9-16-10-25(39-13-26(30)31)21(33-14-37)11-20(16)35-22/h2-12,14,26,35H,13,32H2,1H3,(H,33,37). The van der Waals surface area contributed by atoms with Crippen LogP contribution in [0.2, 0.25) is 0 Å². The number of nitrogens with one attached hydrogen (secondary N) is 2. The van der Waals surface area contributed by atoms with E-state index in [9.17, 15) is 22.8 Å². The van der Waals surface area contributed by atoms with E-state index in [4.69, 9.17) is 15.2 Å². The van der Waals surface area contributed by atoms with Gasteiger partial charge in [-0.3, -0.25) is 9.59 Å². The highest BCUT2D eigenvalue weighted by Gasteiger charge is 2.21. The van der Waals surface area contributed by atoms with Crippen LogP contribution in [0.4, 0.5) is 24.7 Å². The number of carbonyl (C=O) groups excluding carboxylic acids is 2. The number of benzene rings is 3. The Bertz CT molecular complexity index is 1730. The number of anilines is 2. The topological polar surface area (TPSA) is 124 Å². The van der Waals surface area contributed by atoms with Crippen LogP contribution in [0, 0.1) is 12.7 Å². The molecule has 0 saturated carbocycles. The number of hydrogen-bond donors (Lipinski definition) is 3. The van der Waals surface area contributed by atoms with Crippen LogP contribution in [0.5, 0.6) is 17.2 Å². The highest BCUT2D eigenvalue weighted by Crippen LogP contribution is 2.33. The molecule has 0 bridgehead atoms. The van der Waals surface area contributed by atoms with Crippen LogP contribution in [0.1, 0.15) is 21.6 Å². The molecule has 4 N–H and O–H groups in total. The fraction of sp³-hybridized carbons (Fsp3) is 0.107. The summed E-state index contributed by atoms with van der Waals surface area (Å²) < 4.78 is 51.4. The molecule has 12 heteroatoms. The molecular weight excluding hydrogens is 527 g/mol. The molecular formula is C28H22F3N5O4. The van der Waals surface area contributed by atoms with Gasteiger partial charge in [0.15, 0.2) is 11.6 Å². The number of nitrogens with zero attached hydrogens (tertiary/aromatic N) is 2. The van der Waals surface area contributed by atoms with Crippen LogP contribution in [-0.2, 0) is 4.79 Å². The number of aryl methyl sites for hydroxylation is 1. The van der Waals surface area contributed by atoms with Crippen molar-refractivity contribution in [2.45, 2.75) is 13.3 Å². The van der Waals surface area contributed by atoms with Crippen LogP contribution < -0.4 is 20.5 Å². The lowest BCUT2D eigenvalue weighted by atomic mass is 10.1. The number of amides is 1. The van der Waals surface area contributed by atoms with Gasteiger partial charge in [0.05, 0.1) is 28.8 Å². The molecule has 40 heavy (non-hydrogen) atoms. The number of rotatable bonds is 10. The first-order chi connectivity index (χ1) is 19.2. The van der Waals surface area contributed by atoms with E-state index >= 15 is 0 Å². The minimum atomic E-state index is -2.71. The molecule has 0 unspecified atom stereocenters. The maximum atomic E-state index is 14.0. The van der Waals surface area contributed by atoms with Gasteiger partial charge in [0.25, 0.3) is 6.43 Å². The summed E-state index contributed by atoms with van der Waals surface area (Å²) in [5, 5.41) is 7.18. The van der Waals surface area contributed by atoms with E-state index in [1.165, 1.54) is 41.2 Å². The summed E-state index contributed by atoms with van der Waals surface area (Å²) in [5.41, 5.74) is 8.52. The van der Waals surface area contributed by atoms with Crippen LogP contribution in [-0.4, -0.2) is 40.0 Å². The zero-order chi connectivity index (χ0) is 28.4. The quantitative estimate of drug-likeness (QED) is 0.153. The van der Waals surface area contributed by atoms with E-state index in [0.29, 0.717) is 34.3 Å². The monoisotopic (exact) mass is 549 g/mol. The Balaban J connectivity index is 1.42.